The molecule has 0 unspecified atom stereocenters. The molecule has 4 aromatic rings. The number of pyridine rings is 2. The first-order chi connectivity index (χ1) is 24.4. The van der Waals surface area contributed by atoms with E-state index in [2.05, 4.69) is 41.6 Å². The minimum absolute atomic E-state index is 0. The molecular weight excluding hydrogens is 686 g/mol. The fourth-order valence-corrected chi connectivity index (χ4v) is 7.81. The second kappa shape index (κ2) is 15.5. The van der Waals surface area contributed by atoms with Crippen molar-refractivity contribution in [3.05, 3.63) is 42.0 Å². The van der Waals surface area contributed by atoms with E-state index >= 15 is 0 Å². The summed E-state index contributed by atoms with van der Waals surface area (Å²) in [7, 11) is 3.70. The smallest absolute Gasteiger partial charge is 0.550 e. The molecule has 272 valence electrons. The van der Waals surface area contributed by atoms with Crippen molar-refractivity contribution < 1.29 is 57.4 Å². The monoisotopic (exact) mass is 729 g/mol. The zero-order chi connectivity index (χ0) is 35.9. The number of fused-ring (bicyclic) bond motifs is 1. The molecule has 3 aliphatic rings. The average Bonchev–Trinajstić information content (AvgIpc) is 3.70. The van der Waals surface area contributed by atoms with Gasteiger partial charge >= 0.3 is 35.7 Å². The largest absolute Gasteiger partial charge is 1.00 e. The van der Waals surface area contributed by atoms with E-state index in [1.165, 1.54) is 12.3 Å². The minimum atomic E-state index is -4.53. The Morgan fingerprint density at radius 1 is 1.08 bits per heavy atom. The maximum Gasteiger partial charge on any atom is 1.00 e. The fraction of sp³-hybridized carbons (Fsp3) is 0.556. The van der Waals surface area contributed by atoms with E-state index < -0.39 is 17.7 Å². The Balaban J connectivity index is 0.00000464. The van der Waals surface area contributed by atoms with Crippen LogP contribution in [0.2, 0.25) is 0 Å². The Kier molecular flexibility index (Phi) is 11.5. The van der Waals surface area contributed by atoms with Gasteiger partial charge in [-0.3, -0.25) is 9.88 Å². The number of aromatic amines is 1. The van der Waals surface area contributed by atoms with Crippen molar-refractivity contribution in [2.24, 2.45) is 5.41 Å². The normalized spacial score (nSPS) is 19.2. The Hall–Kier alpha value is -3.37. The molecule has 0 amide bonds. The van der Waals surface area contributed by atoms with Gasteiger partial charge in [-0.1, -0.05) is 12.8 Å². The van der Waals surface area contributed by atoms with Gasteiger partial charge in [0.05, 0.1) is 41.6 Å². The van der Waals surface area contributed by atoms with Crippen molar-refractivity contribution in [2.75, 3.05) is 63.3 Å². The molecule has 12 nitrogen and oxygen atoms in total. The molecule has 52 heavy (non-hydrogen) atoms. The summed E-state index contributed by atoms with van der Waals surface area (Å²) >= 11 is 0. The molecule has 2 aliphatic carbocycles. The van der Waals surface area contributed by atoms with Crippen LogP contribution in [-0.4, -0.2) is 100 Å². The third-order valence-corrected chi connectivity index (χ3v) is 10.6. The van der Waals surface area contributed by atoms with Crippen LogP contribution in [0.5, 0.6) is 0 Å². The number of carboxylic acid groups (broad SMARTS) is 1. The van der Waals surface area contributed by atoms with Gasteiger partial charge in [0.2, 0.25) is 0 Å². The molecule has 0 bridgehead atoms. The molecule has 4 aromatic heterocycles. The minimum Gasteiger partial charge on any atom is -0.550 e. The molecule has 5 heterocycles. The molecule has 0 aromatic carbocycles. The van der Waals surface area contributed by atoms with E-state index in [1.807, 2.05) is 13.1 Å². The van der Waals surface area contributed by atoms with E-state index in [-0.39, 0.29) is 64.6 Å². The Morgan fingerprint density at radius 3 is 2.48 bits per heavy atom. The first kappa shape index (κ1) is 38.4. The van der Waals surface area contributed by atoms with Gasteiger partial charge in [0.15, 0.2) is 11.5 Å². The standard InChI is InChI=1S/C36H44F3N9O3.Na/c1-22-19-48(13-12-47(22)11-8-30(49)50)29-18-40-27(17-41-29)33-44-32-28(46(2)20-35(21-51-3)9-4-5-10-35)15-26(43-34(32)45-33)24-14-25(36(37,38)39)31(42-16-24)23-6-7-23;/h14-18,22-23H,4-13,19-21H2,1-3H3,(H,49,50)(H,43,44,45);/q;+1/p-1/t22-;/m1./s1. The van der Waals surface area contributed by atoms with E-state index in [9.17, 15) is 23.1 Å². The fourth-order valence-electron chi connectivity index (χ4n) is 7.81. The van der Waals surface area contributed by atoms with Crippen LogP contribution in [0.3, 0.4) is 0 Å². The number of alkyl halides is 3. The molecule has 1 N–H and O–H groups in total. The first-order valence-corrected chi connectivity index (χ1v) is 17.6. The van der Waals surface area contributed by atoms with Gasteiger partial charge in [-0.05, 0) is 51.2 Å². The molecule has 16 heteroatoms. The van der Waals surface area contributed by atoms with E-state index in [1.54, 1.807) is 19.5 Å². The van der Waals surface area contributed by atoms with Crippen LogP contribution in [0.15, 0.2) is 30.7 Å². The number of carboxylic acids is 1. The number of H-pyrrole nitrogens is 1. The summed E-state index contributed by atoms with van der Waals surface area (Å²) in [5.74, 6) is -0.0767. The molecule has 7 rings (SSSR count). The maximum atomic E-state index is 14.2. The predicted octanol–water partition coefficient (Wildman–Crippen LogP) is 1.67. The number of imidazole rings is 1. The van der Waals surface area contributed by atoms with E-state index in [0.29, 0.717) is 86.4 Å². The number of rotatable bonds is 12. The number of hydrogen-bond donors (Lipinski definition) is 1. The zero-order valence-corrected chi connectivity index (χ0v) is 32.2. The van der Waals surface area contributed by atoms with Gasteiger partial charge < -0.3 is 29.4 Å². The third-order valence-electron chi connectivity index (χ3n) is 10.6. The molecule has 0 radical (unpaired) electrons. The summed E-state index contributed by atoms with van der Waals surface area (Å²) in [6, 6.07) is 3.12. The summed E-state index contributed by atoms with van der Waals surface area (Å²) in [4.78, 5) is 43.9. The van der Waals surface area contributed by atoms with Crippen LogP contribution >= 0.6 is 0 Å². The molecule has 1 aliphatic heterocycles. The van der Waals surface area contributed by atoms with Crippen molar-refractivity contribution in [3.8, 4) is 22.8 Å². The number of carbonyl (C=O) groups excluding carboxylic acids is 1. The van der Waals surface area contributed by atoms with Gasteiger partial charge in [0, 0.05) is 82.0 Å². The van der Waals surface area contributed by atoms with Crippen molar-refractivity contribution in [3.63, 3.8) is 0 Å². The quantitative estimate of drug-likeness (QED) is 0.213. The number of nitrogens with one attached hydrogen (secondary N) is 1. The number of carbonyl (C=O) groups is 1. The van der Waals surface area contributed by atoms with Gasteiger partial charge in [-0.15, -0.1) is 0 Å². The van der Waals surface area contributed by atoms with Crippen molar-refractivity contribution in [2.45, 2.75) is 70.0 Å². The van der Waals surface area contributed by atoms with Crippen molar-refractivity contribution in [1.82, 2.24) is 34.8 Å². The van der Waals surface area contributed by atoms with E-state index in [0.717, 1.165) is 31.4 Å². The summed E-state index contributed by atoms with van der Waals surface area (Å²) in [6.45, 7) is 5.85. The average molecular weight is 730 g/mol. The predicted molar refractivity (Wildman–Crippen MR) is 184 cm³/mol. The molecule has 3 fully saturated rings. The number of anilines is 2. The number of halogens is 3. The van der Waals surface area contributed by atoms with Gasteiger partial charge in [0.25, 0.3) is 0 Å². The molecule has 0 spiro atoms. The second-order valence-corrected chi connectivity index (χ2v) is 14.4. The van der Waals surface area contributed by atoms with Gasteiger partial charge in [-0.2, -0.15) is 13.2 Å². The molecule has 2 saturated carbocycles. The second-order valence-electron chi connectivity index (χ2n) is 14.4. The van der Waals surface area contributed by atoms with Crippen molar-refractivity contribution in [1.29, 1.82) is 0 Å². The number of aromatic nitrogens is 6. The van der Waals surface area contributed by atoms with Gasteiger partial charge in [-0.25, -0.2) is 19.9 Å². The maximum absolute atomic E-state index is 14.2. The number of piperazine rings is 1. The summed E-state index contributed by atoms with van der Waals surface area (Å²) in [5.41, 5.74) is 2.22. The van der Waals surface area contributed by atoms with Crippen molar-refractivity contribution >= 4 is 28.6 Å². The van der Waals surface area contributed by atoms with Crippen LogP contribution in [0, 0.1) is 5.41 Å². The van der Waals surface area contributed by atoms with Crippen LogP contribution in [0.1, 0.15) is 69.0 Å². The third kappa shape index (κ3) is 8.23. The number of methoxy groups -OCH3 is 1. The van der Waals surface area contributed by atoms with Crippen LogP contribution in [0.25, 0.3) is 33.9 Å². The summed E-state index contributed by atoms with van der Waals surface area (Å²) < 4.78 is 48.3. The van der Waals surface area contributed by atoms with Crippen LogP contribution in [-0.2, 0) is 15.7 Å². The SMILES string of the molecule is COCC1(CN(C)c2cc(-c3cnc(C4CC4)c(C(F)(F)F)c3)nc3nc(-c4cnc(N5CCN(CCC(=O)[O-])[C@H](C)C5)cn4)[nH]c23)CCCC1.[Na+]. The Morgan fingerprint density at radius 2 is 1.85 bits per heavy atom. The Labute approximate surface area is 322 Å². The molecule has 1 atom stereocenters. The zero-order valence-electron chi connectivity index (χ0n) is 30.2. The first-order valence-electron chi connectivity index (χ1n) is 17.6. The molecular formula is C36H43F3N9NaO3. The van der Waals surface area contributed by atoms with Crippen LogP contribution < -0.4 is 44.5 Å². The number of nitrogens with zero attached hydrogens (tertiary/aromatic N) is 8. The van der Waals surface area contributed by atoms with Crippen LogP contribution in [0.4, 0.5) is 24.7 Å². The number of aliphatic carboxylic acids is 1. The summed E-state index contributed by atoms with van der Waals surface area (Å²) in [6.07, 6.45) is 6.00. The van der Waals surface area contributed by atoms with E-state index in [4.69, 9.17) is 14.7 Å². The topological polar surface area (TPSA) is 139 Å². The molecule has 1 saturated heterocycles. The number of hydrogen-bond acceptors (Lipinski definition) is 11. The summed E-state index contributed by atoms with van der Waals surface area (Å²) in [5, 5.41) is 10.9. The Bertz CT molecular complexity index is 1880. The van der Waals surface area contributed by atoms with Gasteiger partial charge in [0.1, 0.15) is 17.0 Å². The number of ether oxygens (including phenoxy) is 1.